The molecule has 98 valence electrons. The molecule has 0 aliphatic carbocycles. The first-order valence-corrected chi connectivity index (χ1v) is 7.09. The molecule has 0 spiro atoms. The Kier molecular flexibility index (Phi) is 4.07. The summed E-state index contributed by atoms with van der Waals surface area (Å²) in [7, 11) is 0. The van der Waals surface area contributed by atoms with Crippen molar-refractivity contribution < 1.29 is 4.79 Å². The summed E-state index contributed by atoms with van der Waals surface area (Å²) in [6.07, 6.45) is 0. The maximum Gasteiger partial charge on any atom is 0.254 e. The number of benzene rings is 1. The van der Waals surface area contributed by atoms with Gasteiger partial charge in [0.1, 0.15) is 0 Å². The van der Waals surface area contributed by atoms with Gasteiger partial charge in [-0.2, -0.15) is 0 Å². The summed E-state index contributed by atoms with van der Waals surface area (Å²) in [6, 6.07) is 6.31. The average molecular weight is 311 g/mol. The van der Waals surface area contributed by atoms with Gasteiger partial charge in [-0.15, -0.1) is 0 Å². The van der Waals surface area contributed by atoms with E-state index in [4.69, 9.17) is 0 Å². The maximum absolute atomic E-state index is 12.6. The van der Waals surface area contributed by atoms with Gasteiger partial charge in [0.15, 0.2) is 0 Å². The minimum absolute atomic E-state index is 0.140. The summed E-state index contributed by atoms with van der Waals surface area (Å²) in [5.74, 6) is 0.140. The van der Waals surface area contributed by atoms with Gasteiger partial charge in [0.25, 0.3) is 5.91 Å². The molecular weight excluding hydrogens is 292 g/mol. The monoisotopic (exact) mass is 310 g/mol. The van der Waals surface area contributed by atoms with Gasteiger partial charge in [0.05, 0.1) is 0 Å². The molecule has 2 unspecified atom stereocenters. The van der Waals surface area contributed by atoms with Crippen molar-refractivity contribution in [3.63, 3.8) is 0 Å². The molecule has 1 aromatic carbocycles. The van der Waals surface area contributed by atoms with E-state index in [1.165, 1.54) is 0 Å². The SMILES string of the molecule is Cc1cc(Br)ccc1C(=O)N1C(C)CNCC1C. The zero-order chi connectivity index (χ0) is 13.3. The molecule has 1 aromatic rings. The van der Waals surface area contributed by atoms with Crippen LogP contribution in [0.3, 0.4) is 0 Å². The van der Waals surface area contributed by atoms with Gasteiger partial charge in [-0.05, 0) is 44.5 Å². The summed E-state index contributed by atoms with van der Waals surface area (Å²) in [4.78, 5) is 14.6. The molecule has 0 bridgehead atoms. The molecule has 3 nitrogen and oxygen atoms in total. The molecule has 1 N–H and O–H groups in total. The number of nitrogens with zero attached hydrogens (tertiary/aromatic N) is 1. The van der Waals surface area contributed by atoms with Gasteiger partial charge >= 0.3 is 0 Å². The Morgan fingerprint density at radius 3 is 2.50 bits per heavy atom. The molecule has 1 fully saturated rings. The van der Waals surface area contributed by atoms with Gasteiger partial charge in [0, 0.05) is 35.2 Å². The van der Waals surface area contributed by atoms with Crippen LogP contribution in [0.4, 0.5) is 0 Å². The molecule has 0 aromatic heterocycles. The van der Waals surface area contributed by atoms with Crippen molar-refractivity contribution in [1.82, 2.24) is 10.2 Å². The highest BCUT2D eigenvalue weighted by Crippen LogP contribution is 2.20. The fourth-order valence-corrected chi connectivity index (χ4v) is 3.01. The second-order valence-electron chi connectivity index (χ2n) is 5.03. The predicted octanol–water partition coefficient (Wildman–Crippen LogP) is 2.58. The highest BCUT2D eigenvalue weighted by atomic mass is 79.9. The van der Waals surface area contributed by atoms with Crippen LogP contribution in [0, 0.1) is 6.92 Å². The summed E-state index contributed by atoms with van der Waals surface area (Å²) in [5.41, 5.74) is 1.83. The van der Waals surface area contributed by atoms with Gasteiger partial charge < -0.3 is 10.2 Å². The van der Waals surface area contributed by atoms with Crippen LogP contribution in [0.1, 0.15) is 29.8 Å². The minimum Gasteiger partial charge on any atom is -0.331 e. The molecule has 1 aliphatic rings. The first-order chi connectivity index (χ1) is 8.50. The van der Waals surface area contributed by atoms with E-state index in [2.05, 4.69) is 35.1 Å². The smallest absolute Gasteiger partial charge is 0.254 e. The molecule has 4 heteroatoms. The summed E-state index contributed by atoms with van der Waals surface area (Å²) in [5, 5.41) is 3.34. The third kappa shape index (κ3) is 2.59. The van der Waals surface area contributed by atoms with Crippen LogP contribution in [0.25, 0.3) is 0 Å². The van der Waals surface area contributed by atoms with E-state index < -0.39 is 0 Å². The highest BCUT2D eigenvalue weighted by Gasteiger charge is 2.30. The van der Waals surface area contributed by atoms with Crippen molar-refractivity contribution >= 4 is 21.8 Å². The fourth-order valence-electron chi connectivity index (χ4n) is 2.54. The molecule has 1 amide bonds. The number of nitrogens with one attached hydrogen (secondary N) is 1. The lowest BCUT2D eigenvalue weighted by molar-refractivity contribution is 0.0543. The number of halogens is 1. The van der Waals surface area contributed by atoms with Crippen molar-refractivity contribution in [2.45, 2.75) is 32.9 Å². The Morgan fingerprint density at radius 1 is 1.33 bits per heavy atom. The number of hydrogen-bond donors (Lipinski definition) is 1. The Bertz CT molecular complexity index is 451. The first kappa shape index (κ1) is 13.6. The minimum atomic E-state index is 0.140. The van der Waals surface area contributed by atoms with E-state index in [1.807, 2.05) is 30.0 Å². The van der Waals surface area contributed by atoms with E-state index in [-0.39, 0.29) is 18.0 Å². The standard InChI is InChI=1S/C14H19BrN2O/c1-9-6-12(15)4-5-13(9)14(18)17-10(2)7-16-8-11(17)3/h4-6,10-11,16H,7-8H2,1-3H3. The normalized spacial score (nSPS) is 24.1. The van der Waals surface area contributed by atoms with Crippen LogP contribution in [0.15, 0.2) is 22.7 Å². The zero-order valence-electron chi connectivity index (χ0n) is 11.0. The first-order valence-electron chi connectivity index (χ1n) is 6.30. The van der Waals surface area contributed by atoms with Crippen molar-refractivity contribution in [2.75, 3.05) is 13.1 Å². The van der Waals surface area contributed by atoms with E-state index >= 15 is 0 Å². The van der Waals surface area contributed by atoms with Gasteiger partial charge in [-0.25, -0.2) is 0 Å². The quantitative estimate of drug-likeness (QED) is 0.864. The summed E-state index contributed by atoms with van der Waals surface area (Å²) >= 11 is 3.43. The van der Waals surface area contributed by atoms with Crippen LogP contribution in [0.2, 0.25) is 0 Å². The molecule has 0 radical (unpaired) electrons. The molecule has 2 rings (SSSR count). The molecule has 1 aliphatic heterocycles. The Labute approximate surface area is 117 Å². The predicted molar refractivity (Wildman–Crippen MR) is 76.8 cm³/mol. The van der Waals surface area contributed by atoms with Crippen molar-refractivity contribution in [3.05, 3.63) is 33.8 Å². The zero-order valence-corrected chi connectivity index (χ0v) is 12.6. The number of carbonyl (C=O) groups excluding carboxylic acids is 1. The van der Waals surface area contributed by atoms with E-state index in [0.29, 0.717) is 0 Å². The van der Waals surface area contributed by atoms with E-state index in [0.717, 1.165) is 28.7 Å². The lowest BCUT2D eigenvalue weighted by Gasteiger charge is -2.39. The molecule has 0 saturated carbocycles. The topological polar surface area (TPSA) is 32.3 Å². The van der Waals surface area contributed by atoms with Gasteiger partial charge in [-0.1, -0.05) is 15.9 Å². The lowest BCUT2D eigenvalue weighted by atomic mass is 10.0. The lowest BCUT2D eigenvalue weighted by Crippen LogP contribution is -2.57. The molecule has 18 heavy (non-hydrogen) atoms. The Balaban J connectivity index is 2.29. The summed E-state index contributed by atoms with van der Waals surface area (Å²) in [6.45, 7) is 7.90. The van der Waals surface area contributed by atoms with Crippen LogP contribution < -0.4 is 5.32 Å². The maximum atomic E-state index is 12.6. The van der Waals surface area contributed by atoms with E-state index in [9.17, 15) is 4.79 Å². The molecule has 2 atom stereocenters. The third-order valence-corrected chi connectivity index (χ3v) is 3.98. The van der Waals surface area contributed by atoms with Crippen LogP contribution in [0.5, 0.6) is 0 Å². The number of hydrogen-bond acceptors (Lipinski definition) is 2. The largest absolute Gasteiger partial charge is 0.331 e. The van der Waals surface area contributed by atoms with Gasteiger partial charge in [0.2, 0.25) is 0 Å². The van der Waals surface area contributed by atoms with Crippen molar-refractivity contribution in [2.24, 2.45) is 0 Å². The fraction of sp³-hybridized carbons (Fsp3) is 0.500. The highest BCUT2D eigenvalue weighted by molar-refractivity contribution is 9.10. The van der Waals surface area contributed by atoms with E-state index in [1.54, 1.807) is 0 Å². The number of aryl methyl sites for hydroxylation is 1. The molecule has 1 saturated heterocycles. The summed E-state index contributed by atoms with van der Waals surface area (Å²) < 4.78 is 1.01. The second-order valence-corrected chi connectivity index (χ2v) is 5.94. The van der Waals surface area contributed by atoms with Crippen LogP contribution in [-0.4, -0.2) is 36.0 Å². The van der Waals surface area contributed by atoms with Crippen molar-refractivity contribution in [3.8, 4) is 0 Å². The van der Waals surface area contributed by atoms with Crippen LogP contribution in [-0.2, 0) is 0 Å². The number of amides is 1. The Hall–Kier alpha value is -0.870. The number of carbonyl (C=O) groups is 1. The average Bonchev–Trinajstić information content (AvgIpc) is 2.28. The molecule has 1 heterocycles. The number of rotatable bonds is 1. The van der Waals surface area contributed by atoms with Gasteiger partial charge in [-0.3, -0.25) is 4.79 Å². The molecular formula is C14H19BrN2O. The van der Waals surface area contributed by atoms with Crippen molar-refractivity contribution in [1.29, 1.82) is 0 Å². The second kappa shape index (κ2) is 5.41. The number of piperazine rings is 1. The van der Waals surface area contributed by atoms with Crippen LogP contribution >= 0.6 is 15.9 Å². The third-order valence-electron chi connectivity index (χ3n) is 3.48. The Morgan fingerprint density at radius 2 is 1.94 bits per heavy atom.